The summed E-state index contributed by atoms with van der Waals surface area (Å²) in [5.41, 5.74) is 2.02. The van der Waals surface area contributed by atoms with Gasteiger partial charge in [-0.3, -0.25) is 20.8 Å². The first-order valence-corrected chi connectivity index (χ1v) is 9.46. The summed E-state index contributed by atoms with van der Waals surface area (Å²) in [5.74, 6) is 0.315. The molecule has 0 saturated heterocycles. The van der Waals surface area contributed by atoms with Gasteiger partial charge in [-0.1, -0.05) is 64.8 Å². The number of fused-ring (bicyclic) bond motifs is 1. The SMILES string of the molecule is CC(C)CNC1(Cl)C2=C(CC(C)C)C(C)(C)C=CC2=NC(=N)C1[N+](=O)[O-]. The summed E-state index contributed by atoms with van der Waals surface area (Å²) in [6.07, 6.45) is 4.66. The Balaban J connectivity index is 2.75. The highest BCUT2D eigenvalue weighted by Gasteiger charge is 2.57. The standard InChI is InChI=1S/C19H29ClN4O2/c1-11(2)9-13-15-14(7-8-18(13,5)6)23-17(21)16(24(25)26)19(15,20)22-10-12(3)4/h7-8,11-12,16,21-22H,9-10H2,1-6H3. The first-order chi connectivity index (χ1) is 11.9. The fourth-order valence-electron chi connectivity index (χ4n) is 3.52. The normalized spacial score (nSPS) is 27.8. The number of hydrogen-bond donors (Lipinski definition) is 2. The molecule has 6 nitrogen and oxygen atoms in total. The van der Waals surface area contributed by atoms with Crippen LogP contribution in [0.25, 0.3) is 0 Å². The van der Waals surface area contributed by atoms with Crippen molar-refractivity contribution in [3.8, 4) is 0 Å². The lowest BCUT2D eigenvalue weighted by atomic mass is 9.69. The van der Waals surface area contributed by atoms with E-state index >= 15 is 0 Å². The molecule has 2 unspecified atom stereocenters. The molecule has 7 heteroatoms. The number of nitrogens with zero attached hydrogens (tertiary/aromatic N) is 2. The van der Waals surface area contributed by atoms with Crippen molar-refractivity contribution in [3.63, 3.8) is 0 Å². The maximum Gasteiger partial charge on any atom is 0.306 e. The van der Waals surface area contributed by atoms with E-state index in [1.165, 1.54) is 0 Å². The summed E-state index contributed by atoms with van der Waals surface area (Å²) in [4.78, 5) is 14.1. The summed E-state index contributed by atoms with van der Waals surface area (Å²) in [5, 5.41) is 23.2. The second-order valence-corrected chi connectivity index (χ2v) is 9.16. The van der Waals surface area contributed by atoms with E-state index in [0.717, 1.165) is 12.0 Å². The molecular weight excluding hydrogens is 352 g/mol. The number of amidine groups is 1. The number of alkyl halides is 1. The maximum absolute atomic E-state index is 11.8. The van der Waals surface area contributed by atoms with Gasteiger partial charge in [0.05, 0.1) is 5.71 Å². The number of nitro groups is 1. The number of hydrogen-bond acceptors (Lipinski definition) is 4. The fraction of sp³-hybridized carbons (Fsp3) is 0.684. The van der Waals surface area contributed by atoms with Gasteiger partial charge in [0.2, 0.25) is 5.84 Å². The first-order valence-electron chi connectivity index (χ1n) is 9.08. The highest BCUT2D eigenvalue weighted by atomic mass is 35.5. The highest BCUT2D eigenvalue weighted by Crippen LogP contribution is 2.46. The minimum atomic E-state index is -1.48. The molecule has 1 aliphatic heterocycles. The topological polar surface area (TPSA) is 91.4 Å². The van der Waals surface area contributed by atoms with Crippen LogP contribution in [0.4, 0.5) is 0 Å². The summed E-state index contributed by atoms with van der Waals surface area (Å²) in [6.45, 7) is 13.0. The van der Waals surface area contributed by atoms with Gasteiger partial charge in [-0.15, -0.1) is 0 Å². The molecule has 0 fully saturated rings. The predicted octanol–water partition coefficient (Wildman–Crippen LogP) is 4.18. The first kappa shape index (κ1) is 20.8. The molecular formula is C19H29ClN4O2. The Morgan fingerprint density at radius 1 is 1.35 bits per heavy atom. The van der Waals surface area contributed by atoms with Gasteiger partial charge in [-0.05, 0) is 30.9 Å². The Bertz CT molecular complexity index is 706. The number of nitrogens with one attached hydrogen (secondary N) is 2. The Hall–Kier alpha value is -1.53. The third kappa shape index (κ3) is 3.76. The van der Waals surface area contributed by atoms with E-state index in [9.17, 15) is 10.1 Å². The number of aliphatic imine (C=N–C) groups is 1. The molecule has 2 rings (SSSR count). The van der Waals surface area contributed by atoms with E-state index in [4.69, 9.17) is 17.0 Å². The molecule has 0 spiro atoms. The van der Waals surface area contributed by atoms with Crippen molar-refractivity contribution in [3.05, 3.63) is 33.4 Å². The Kier molecular flexibility index (Phi) is 5.78. The molecule has 2 aliphatic rings. The van der Waals surface area contributed by atoms with E-state index in [1.807, 2.05) is 26.0 Å². The van der Waals surface area contributed by atoms with Gasteiger partial charge in [-0.25, -0.2) is 4.99 Å². The van der Waals surface area contributed by atoms with Crippen LogP contribution in [0.5, 0.6) is 0 Å². The molecule has 2 atom stereocenters. The summed E-state index contributed by atoms with van der Waals surface area (Å²) in [7, 11) is 0. The molecule has 2 N–H and O–H groups in total. The molecule has 0 aromatic carbocycles. The van der Waals surface area contributed by atoms with Gasteiger partial charge in [0.15, 0.2) is 5.00 Å². The van der Waals surface area contributed by atoms with E-state index in [-0.39, 0.29) is 17.2 Å². The van der Waals surface area contributed by atoms with Crippen LogP contribution < -0.4 is 5.32 Å². The number of rotatable bonds is 6. The lowest BCUT2D eigenvalue weighted by Gasteiger charge is -2.42. The average Bonchev–Trinajstić information content (AvgIpc) is 2.47. The molecule has 26 heavy (non-hydrogen) atoms. The second kappa shape index (κ2) is 7.24. The van der Waals surface area contributed by atoms with Crippen LogP contribution in [0.3, 0.4) is 0 Å². The van der Waals surface area contributed by atoms with Gasteiger partial charge < -0.3 is 0 Å². The summed E-state index contributed by atoms with van der Waals surface area (Å²) < 4.78 is 0. The molecule has 0 saturated carbocycles. The molecule has 0 amide bonds. The molecule has 144 valence electrons. The van der Waals surface area contributed by atoms with Crippen molar-refractivity contribution >= 4 is 23.1 Å². The van der Waals surface area contributed by atoms with Crippen LogP contribution in [0.1, 0.15) is 48.0 Å². The van der Waals surface area contributed by atoms with Crippen molar-refractivity contribution in [2.75, 3.05) is 6.54 Å². The number of allylic oxidation sites excluding steroid dienone is 3. The lowest BCUT2D eigenvalue weighted by molar-refractivity contribution is -0.508. The van der Waals surface area contributed by atoms with Crippen LogP contribution in [0, 0.1) is 32.8 Å². The van der Waals surface area contributed by atoms with Crippen molar-refractivity contribution in [1.29, 1.82) is 5.41 Å². The van der Waals surface area contributed by atoms with Gasteiger partial charge in [0.25, 0.3) is 0 Å². The van der Waals surface area contributed by atoms with Gasteiger partial charge >= 0.3 is 6.04 Å². The van der Waals surface area contributed by atoms with Gasteiger partial charge in [0, 0.05) is 15.9 Å². The van der Waals surface area contributed by atoms with Crippen molar-refractivity contribution < 1.29 is 4.92 Å². The Morgan fingerprint density at radius 2 is 1.96 bits per heavy atom. The minimum absolute atomic E-state index is 0.260. The maximum atomic E-state index is 11.8. The third-order valence-electron chi connectivity index (χ3n) is 4.82. The Morgan fingerprint density at radius 3 is 2.46 bits per heavy atom. The zero-order valence-electron chi connectivity index (χ0n) is 16.4. The van der Waals surface area contributed by atoms with Crippen LogP contribution in [-0.4, -0.2) is 34.1 Å². The van der Waals surface area contributed by atoms with E-state index < -0.39 is 16.0 Å². The van der Waals surface area contributed by atoms with Crippen LogP contribution in [0.15, 0.2) is 28.3 Å². The van der Waals surface area contributed by atoms with Crippen molar-refractivity contribution in [2.45, 2.75) is 59.0 Å². The average molecular weight is 381 g/mol. The van der Waals surface area contributed by atoms with Gasteiger partial charge in [-0.2, -0.15) is 0 Å². The predicted molar refractivity (Wildman–Crippen MR) is 107 cm³/mol. The molecule has 1 heterocycles. The molecule has 1 aliphatic carbocycles. The molecule has 0 radical (unpaired) electrons. The minimum Gasteiger partial charge on any atom is -0.288 e. The molecule has 0 aromatic rings. The van der Waals surface area contributed by atoms with Crippen molar-refractivity contribution in [2.24, 2.45) is 22.2 Å². The lowest BCUT2D eigenvalue weighted by Crippen LogP contribution is -2.62. The van der Waals surface area contributed by atoms with E-state index in [1.54, 1.807) is 0 Å². The van der Waals surface area contributed by atoms with Crippen molar-refractivity contribution in [1.82, 2.24) is 5.32 Å². The number of halogens is 1. The van der Waals surface area contributed by atoms with E-state index in [2.05, 4.69) is 38.0 Å². The third-order valence-corrected chi connectivity index (χ3v) is 5.35. The fourth-order valence-corrected chi connectivity index (χ4v) is 3.99. The molecule has 0 aromatic heterocycles. The summed E-state index contributed by atoms with van der Waals surface area (Å²) in [6, 6.07) is -1.42. The Labute approximate surface area is 160 Å². The quantitative estimate of drug-likeness (QED) is 0.313. The smallest absolute Gasteiger partial charge is 0.288 e. The zero-order valence-corrected chi connectivity index (χ0v) is 17.1. The zero-order chi connectivity index (χ0) is 19.9. The second-order valence-electron chi connectivity index (χ2n) is 8.56. The highest BCUT2D eigenvalue weighted by molar-refractivity contribution is 6.35. The van der Waals surface area contributed by atoms with Gasteiger partial charge in [0.1, 0.15) is 0 Å². The molecule has 0 bridgehead atoms. The van der Waals surface area contributed by atoms with Crippen LogP contribution in [-0.2, 0) is 0 Å². The van der Waals surface area contributed by atoms with Crippen LogP contribution in [0.2, 0.25) is 0 Å². The van der Waals surface area contributed by atoms with Crippen LogP contribution >= 0.6 is 11.6 Å². The monoisotopic (exact) mass is 380 g/mol. The van der Waals surface area contributed by atoms with E-state index in [0.29, 0.717) is 23.7 Å². The largest absolute Gasteiger partial charge is 0.306 e. The summed E-state index contributed by atoms with van der Waals surface area (Å²) >= 11 is 6.99.